The van der Waals surface area contributed by atoms with E-state index in [1.165, 1.54) is 25.3 Å². The SMILES string of the molecule is COCCOC(=O)N1C(=O)C2(c3cc(C#CCC(C(=O)OC)C(=O)OC)ccc31)C(C(=O)N1CCN(Cc3ccc4c(c3)OCO4)CC1)C1C(=O)OC(c3ccccc3)C(c3ccccc3)N1C2c1ccc(O)cc1. The van der Waals surface area contributed by atoms with E-state index in [2.05, 4.69) is 16.7 Å². The monoisotopic (exact) mass is 1020 g/mol. The lowest BCUT2D eigenvalue weighted by atomic mass is 9.65. The second-order valence-corrected chi connectivity index (χ2v) is 18.7. The molecule has 6 unspecified atom stereocenters. The number of methoxy groups -OCH3 is 3. The van der Waals surface area contributed by atoms with Gasteiger partial charge in [-0.25, -0.2) is 9.69 Å². The molecule has 6 atom stereocenters. The van der Waals surface area contributed by atoms with Crippen molar-refractivity contribution in [3.8, 4) is 29.1 Å². The van der Waals surface area contributed by atoms with Crippen LogP contribution in [0.1, 0.15) is 58.0 Å². The minimum atomic E-state index is -2.13. The predicted octanol–water partition coefficient (Wildman–Crippen LogP) is 5.62. The Morgan fingerprint density at radius 2 is 1.43 bits per heavy atom. The van der Waals surface area contributed by atoms with Crippen molar-refractivity contribution in [1.29, 1.82) is 0 Å². The van der Waals surface area contributed by atoms with E-state index in [0.717, 1.165) is 24.7 Å². The van der Waals surface area contributed by atoms with Gasteiger partial charge in [0, 0.05) is 51.8 Å². The molecule has 1 N–H and O–H groups in total. The minimum Gasteiger partial charge on any atom is -0.508 e. The number of rotatable bonds is 12. The Hall–Kier alpha value is -8.24. The van der Waals surface area contributed by atoms with Gasteiger partial charge in [0.25, 0.3) is 0 Å². The van der Waals surface area contributed by atoms with Gasteiger partial charge in [0.1, 0.15) is 29.9 Å². The van der Waals surface area contributed by atoms with E-state index in [0.29, 0.717) is 47.8 Å². The number of anilines is 1. The second-order valence-electron chi connectivity index (χ2n) is 18.7. The van der Waals surface area contributed by atoms with Crippen LogP contribution in [0.15, 0.2) is 121 Å². The van der Waals surface area contributed by atoms with Gasteiger partial charge in [-0.2, -0.15) is 0 Å². The van der Waals surface area contributed by atoms with E-state index >= 15 is 14.4 Å². The Morgan fingerprint density at radius 1 is 0.747 bits per heavy atom. The third-order valence-corrected chi connectivity index (χ3v) is 14.7. The maximum Gasteiger partial charge on any atom is 0.421 e. The lowest BCUT2D eigenvalue weighted by Gasteiger charge is -2.46. The normalized spacial score (nSPS) is 22.7. The van der Waals surface area contributed by atoms with Gasteiger partial charge in [0.05, 0.1) is 44.5 Å². The number of esters is 3. The second kappa shape index (κ2) is 21.3. The Labute approximate surface area is 432 Å². The van der Waals surface area contributed by atoms with Crippen molar-refractivity contribution in [2.24, 2.45) is 11.8 Å². The Kier molecular flexibility index (Phi) is 14.3. The highest BCUT2D eigenvalue weighted by Crippen LogP contribution is 2.66. The predicted molar refractivity (Wildman–Crippen MR) is 267 cm³/mol. The summed E-state index contributed by atoms with van der Waals surface area (Å²) in [5.41, 5.74) is 1.20. The van der Waals surface area contributed by atoms with Gasteiger partial charge in [-0.3, -0.25) is 33.8 Å². The van der Waals surface area contributed by atoms with E-state index in [1.54, 1.807) is 29.2 Å². The average Bonchev–Trinajstić information content (AvgIpc) is 4.11. The summed E-state index contributed by atoms with van der Waals surface area (Å²) in [5, 5.41) is 10.8. The molecule has 0 aromatic heterocycles. The fourth-order valence-corrected chi connectivity index (χ4v) is 11.3. The summed E-state index contributed by atoms with van der Waals surface area (Å²) in [6.07, 6.45) is -2.31. The number of aromatic hydroxyl groups is 1. The van der Waals surface area contributed by atoms with Crippen LogP contribution >= 0.6 is 0 Å². The number of carbonyl (C=O) groups is 6. The van der Waals surface area contributed by atoms with Gasteiger partial charge in [-0.15, -0.1) is 0 Å². The molecule has 0 radical (unpaired) electrons. The first-order valence-corrected chi connectivity index (χ1v) is 24.5. The van der Waals surface area contributed by atoms with Gasteiger partial charge in [-0.05, 0) is 70.3 Å². The number of ether oxygens (including phenoxy) is 7. The summed E-state index contributed by atoms with van der Waals surface area (Å²) in [6.45, 7) is 1.78. The molecule has 3 amide bonds. The molecular weight excluding hydrogens is 965 g/mol. The molecule has 386 valence electrons. The molecule has 75 heavy (non-hydrogen) atoms. The number of phenolic OH excluding ortho intramolecular Hbond substituents is 1. The number of hydrogen-bond donors (Lipinski definition) is 1. The third kappa shape index (κ3) is 9.17. The van der Waals surface area contributed by atoms with Crippen LogP contribution in [-0.2, 0) is 59.6 Å². The average molecular weight is 1020 g/mol. The molecule has 5 aliphatic rings. The number of benzene rings is 5. The lowest BCUT2D eigenvalue weighted by molar-refractivity contribution is -0.179. The van der Waals surface area contributed by atoms with E-state index in [9.17, 15) is 19.5 Å². The zero-order chi connectivity index (χ0) is 52.4. The van der Waals surface area contributed by atoms with Crippen LogP contribution < -0.4 is 14.4 Å². The summed E-state index contributed by atoms with van der Waals surface area (Å²) < 4.78 is 38.4. The fraction of sp³-hybridized carbons (Fsp3) is 0.333. The van der Waals surface area contributed by atoms with Crippen LogP contribution in [-0.4, -0.2) is 129 Å². The summed E-state index contributed by atoms with van der Waals surface area (Å²) in [6, 6.07) is 31.8. The van der Waals surface area contributed by atoms with Crippen molar-refractivity contribution in [2.75, 3.05) is 72.4 Å². The number of hydrogen-bond acceptors (Lipinski definition) is 16. The van der Waals surface area contributed by atoms with Gasteiger partial charge in [0.2, 0.25) is 18.6 Å². The molecule has 5 aromatic carbocycles. The first-order chi connectivity index (χ1) is 36.5. The summed E-state index contributed by atoms with van der Waals surface area (Å²) >= 11 is 0. The van der Waals surface area contributed by atoms with Crippen LogP contribution in [0.2, 0.25) is 0 Å². The molecule has 1 spiro atoms. The van der Waals surface area contributed by atoms with E-state index in [1.807, 2.05) is 83.8 Å². The summed E-state index contributed by atoms with van der Waals surface area (Å²) in [5.74, 6) is 0.409. The molecule has 5 aliphatic heterocycles. The number of piperazine rings is 1. The Balaban J connectivity index is 1.17. The van der Waals surface area contributed by atoms with E-state index in [4.69, 9.17) is 33.2 Å². The molecule has 0 bridgehead atoms. The first kappa shape index (κ1) is 50.3. The van der Waals surface area contributed by atoms with Crippen LogP contribution in [0.5, 0.6) is 17.2 Å². The van der Waals surface area contributed by atoms with Crippen molar-refractivity contribution in [3.05, 3.63) is 155 Å². The molecule has 3 saturated heterocycles. The van der Waals surface area contributed by atoms with Crippen LogP contribution in [0, 0.1) is 23.7 Å². The van der Waals surface area contributed by atoms with Crippen molar-refractivity contribution in [3.63, 3.8) is 0 Å². The lowest BCUT2D eigenvalue weighted by Crippen LogP contribution is -2.59. The van der Waals surface area contributed by atoms with Crippen LogP contribution in [0.4, 0.5) is 10.5 Å². The first-order valence-electron chi connectivity index (χ1n) is 24.5. The molecule has 18 nitrogen and oxygen atoms in total. The number of fused-ring (bicyclic) bond motifs is 4. The molecule has 10 rings (SSSR count). The van der Waals surface area contributed by atoms with E-state index < -0.39 is 77.3 Å². The third-order valence-electron chi connectivity index (χ3n) is 14.7. The van der Waals surface area contributed by atoms with Crippen LogP contribution in [0.3, 0.4) is 0 Å². The molecule has 5 heterocycles. The van der Waals surface area contributed by atoms with Gasteiger partial charge < -0.3 is 43.2 Å². The van der Waals surface area contributed by atoms with Gasteiger partial charge in [-0.1, -0.05) is 90.7 Å². The summed E-state index contributed by atoms with van der Waals surface area (Å²) in [4.78, 5) is 95.1. The molecule has 5 aromatic rings. The summed E-state index contributed by atoms with van der Waals surface area (Å²) in [7, 11) is 3.73. The number of amides is 3. The molecule has 0 aliphatic carbocycles. The van der Waals surface area contributed by atoms with Crippen molar-refractivity contribution in [2.45, 2.75) is 42.6 Å². The highest BCUT2D eigenvalue weighted by molar-refractivity contribution is 6.23. The Morgan fingerprint density at radius 3 is 2.11 bits per heavy atom. The maximum atomic E-state index is 16.5. The number of phenols is 1. The molecule has 18 heteroatoms. The quantitative estimate of drug-likeness (QED) is 0.0531. The van der Waals surface area contributed by atoms with Crippen molar-refractivity contribution < 1.29 is 67.0 Å². The highest BCUT2D eigenvalue weighted by Gasteiger charge is 2.76. The number of nitrogens with zero attached hydrogens (tertiary/aromatic N) is 4. The zero-order valence-corrected chi connectivity index (χ0v) is 41.4. The molecular formula is C57H54N4O14. The number of carbonyl (C=O) groups excluding carboxylic acids is 6. The fourth-order valence-electron chi connectivity index (χ4n) is 11.3. The smallest absolute Gasteiger partial charge is 0.421 e. The molecule has 3 fully saturated rings. The van der Waals surface area contributed by atoms with Crippen molar-refractivity contribution >= 4 is 41.5 Å². The maximum absolute atomic E-state index is 16.5. The topological polar surface area (TPSA) is 200 Å². The Bertz CT molecular complexity index is 3050. The molecule has 0 saturated carbocycles. The van der Waals surface area contributed by atoms with Crippen LogP contribution in [0.25, 0.3) is 0 Å². The number of imide groups is 1. The van der Waals surface area contributed by atoms with Gasteiger partial charge in [0.15, 0.2) is 17.4 Å². The minimum absolute atomic E-state index is 0.0116. The van der Waals surface area contributed by atoms with E-state index in [-0.39, 0.29) is 62.1 Å². The van der Waals surface area contributed by atoms with Gasteiger partial charge >= 0.3 is 24.0 Å². The number of cyclic esters (lactones) is 1. The largest absolute Gasteiger partial charge is 0.508 e. The standard InChI is InChI=1S/C57H54N4O14/c1-69-29-30-72-56(68)60-43-23-17-35(11-10-16-41(52(64)70-2)53(65)71-3)31-42(43)57(55(60)67)46(51(63)59-27-25-58(26-28-59)33-36-18-24-44-45(32-36)74-34-73-44)48-54(66)75-49(38-14-8-5-9-15-38)47(37-12-6-4-7-13-37)61(48)50(57)39-19-21-40(62)22-20-39/h4-9,12-15,17-24,31-32,41,46-50,62H,16,25-30,33-34H2,1-3H3. The zero-order valence-electron chi connectivity index (χ0n) is 41.4. The highest BCUT2D eigenvalue weighted by atomic mass is 16.7. The van der Waals surface area contributed by atoms with Crippen molar-refractivity contribution in [1.82, 2.24) is 14.7 Å². The number of morpholine rings is 1.